The Bertz CT molecular complexity index is 710. The van der Waals surface area contributed by atoms with Crippen molar-refractivity contribution in [2.45, 2.75) is 66.2 Å². The quantitative estimate of drug-likeness (QED) is 0.641. The average Bonchev–Trinajstić information content (AvgIpc) is 2.64. The maximum Gasteiger partial charge on any atom is 0.174 e. The van der Waals surface area contributed by atoms with Crippen LogP contribution in [-0.4, -0.2) is 44.2 Å². The summed E-state index contributed by atoms with van der Waals surface area (Å²) in [5.41, 5.74) is 3.52. The van der Waals surface area contributed by atoms with Gasteiger partial charge in [0.25, 0.3) is 0 Å². The van der Waals surface area contributed by atoms with Gasteiger partial charge in [-0.05, 0) is 60.6 Å². The van der Waals surface area contributed by atoms with Crippen molar-refractivity contribution in [2.75, 3.05) is 44.2 Å². The van der Waals surface area contributed by atoms with Crippen molar-refractivity contribution in [1.82, 2.24) is 4.90 Å². The predicted octanol–water partition coefficient (Wildman–Crippen LogP) is 5.44. The molecule has 29 heavy (non-hydrogen) atoms. The van der Waals surface area contributed by atoms with Crippen LogP contribution in [0.4, 0.5) is 5.69 Å². The number of nitriles is 1. The van der Waals surface area contributed by atoms with E-state index < -0.39 is 0 Å². The summed E-state index contributed by atoms with van der Waals surface area (Å²) in [6, 6.07) is 8.63. The van der Waals surface area contributed by atoms with Crippen molar-refractivity contribution in [2.24, 2.45) is 10.8 Å². The minimum atomic E-state index is 0.104. The molecule has 160 valence electrons. The van der Waals surface area contributed by atoms with Crippen molar-refractivity contribution in [3.05, 3.63) is 23.8 Å². The Kier molecular flexibility index (Phi) is 6.79. The molecule has 3 rings (SSSR count). The van der Waals surface area contributed by atoms with Gasteiger partial charge in [-0.3, -0.25) is 4.90 Å². The Labute approximate surface area is 177 Å². The molecule has 1 aromatic rings. The lowest BCUT2D eigenvalue weighted by Gasteiger charge is -2.46. The Hall–Kier alpha value is -1.73. The third-order valence-corrected chi connectivity index (χ3v) is 6.55. The van der Waals surface area contributed by atoms with Gasteiger partial charge in [-0.2, -0.15) is 5.26 Å². The first-order chi connectivity index (χ1) is 13.7. The standard InChI is InChI=1S/C25H39N3O/c1-6-10-27-11-13-28(14-12-27)23-16-21(29-15-9-26)7-8-22(23)20-17-24(2,3)19-25(4,5)18-20/h7-8,16,20H,6,10-15,17-19H2,1-5H3. The molecule has 1 aliphatic heterocycles. The molecular formula is C25H39N3O. The number of benzene rings is 1. The molecular weight excluding hydrogens is 358 g/mol. The Morgan fingerprint density at radius 2 is 1.72 bits per heavy atom. The SMILES string of the molecule is CCCN1CCN(c2cc(OCC#N)ccc2C2CC(C)(C)CC(C)(C)C2)CC1. The molecule has 0 amide bonds. The van der Waals surface area contributed by atoms with Gasteiger partial charge in [-0.25, -0.2) is 0 Å². The fraction of sp³-hybridized carbons (Fsp3) is 0.720. The van der Waals surface area contributed by atoms with E-state index >= 15 is 0 Å². The molecule has 0 radical (unpaired) electrons. The first kappa shape index (κ1) is 22.0. The normalized spacial score (nSPS) is 22.3. The van der Waals surface area contributed by atoms with Crippen LogP contribution in [0.5, 0.6) is 5.75 Å². The van der Waals surface area contributed by atoms with Crippen molar-refractivity contribution in [1.29, 1.82) is 5.26 Å². The highest BCUT2D eigenvalue weighted by atomic mass is 16.5. The minimum Gasteiger partial charge on any atom is -0.479 e. The Morgan fingerprint density at radius 1 is 1.07 bits per heavy atom. The van der Waals surface area contributed by atoms with Crippen molar-refractivity contribution in [3.8, 4) is 11.8 Å². The molecule has 4 nitrogen and oxygen atoms in total. The van der Waals surface area contributed by atoms with Crippen LogP contribution in [0, 0.1) is 22.2 Å². The zero-order valence-electron chi connectivity index (χ0n) is 19.1. The lowest BCUT2D eigenvalue weighted by molar-refractivity contribution is 0.0969. The van der Waals surface area contributed by atoms with Gasteiger partial charge in [-0.15, -0.1) is 0 Å². The molecule has 1 aliphatic carbocycles. The topological polar surface area (TPSA) is 39.5 Å². The van der Waals surface area contributed by atoms with Gasteiger partial charge in [0, 0.05) is 37.9 Å². The number of hydrogen-bond acceptors (Lipinski definition) is 4. The molecule has 1 saturated carbocycles. The van der Waals surface area contributed by atoms with E-state index in [0.717, 1.165) is 31.9 Å². The first-order valence-electron chi connectivity index (χ1n) is 11.3. The molecule has 0 atom stereocenters. The lowest BCUT2D eigenvalue weighted by Crippen LogP contribution is -2.47. The molecule has 1 saturated heterocycles. The average molecular weight is 398 g/mol. The Balaban J connectivity index is 1.89. The van der Waals surface area contributed by atoms with Crippen LogP contribution in [0.2, 0.25) is 0 Å². The van der Waals surface area contributed by atoms with Gasteiger partial charge in [0.1, 0.15) is 11.8 Å². The van der Waals surface area contributed by atoms with E-state index in [0.29, 0.717) is 16.7 Å². The van der Waals surface area contributed by atoms with E-state index in [1.807, 2.05) is 0 Å². The summed E-state index contributed by atoms with van der Waals surface area (Å²) >= 11 is 0. The highest BCUT2D eigenvalue weighted by Gasteiger charge is 2.40. The summed E-state index contributed by atoms with van der Waals surface area (Å²) in [6.45, 7) is 17.6. The first-order valence-corrected chi connectivity index (χ1v) is 11.3. The summed E-state index contributed by atoms with van der Waals surface area (Å²) in [5.74, 6) is 1.39. The van der Waals surface area contributed by atoms with Gasteiger partial charge >= 0.3 is 0 Å². The van der Waals surface area contributed by atoms with Crippen molar-refractivity contribution >= 4 is 5.69 Å². The molecule has 1 aromatic carbocycles. The molecule has 0 bridgehead atoms. The second-order valence-electron chi connectivity index (χ2n) is 10.6. The number of rotatable bonds is 6. The van der Waals surface area contributed by atoms with Gasteiger partial charge < -0.3 is 9.64 Å². The summed E-state index contributed by atoms with van der Waals surface area (Å²) < 4.78 is 5.67. The van der Waals surface area contributed by atoms with Crippen LogP contribution >= 0.6 is 0 Å². The van der Waals surface area contributed by atoms with E-state index in [-0.39, 0.29) is 6.61 Å². The number of nitrogens with zero attached hydrogens (tertiary/aromatic N) is 3. The van der Waals surface area contributed by atoms with Crippen LogP contribution in [0.1, 0.15) is 71.8 Å². The zero-order valence-corrected chi connectivity index (χ0v) is 19.1. The van der Waals surface area contributed by atoms with Crippen LogP contribution in [0.25, 0.3) is 0 Å². The van der Waals surface area contributed by atoms with E-state index in [9.17, 15) is 0 Å². The van der Waals surface area contributed by atoms with E-state index in [1.165, 1.54) is 43.5 Å². The van der Waals surface area contributed by atoms with Crippen molar-refractivity contribution < 1.29 is 4.74 Å². The molecule has 0 N–H and O–H groups in total. The molecule has 2 aliphatic rings. The van der Waals surface area contributed by atoms with Crippen LogP contribution in [0.3, 0.4) is 0 Å². The molecule has 0 aromatic heterocycles. The van der Waals surface area contributed by atoms with Gasteiger partial charge in [0.05, 0.1) is 0 Å². The molecule has 4 heteroatoms. The van der Waals surface area contributed by atoms with Crippen molar-refractivity contribution in [3.63, 3.8) is 0 Å². The van der Waals surface area contributed by atoms with Crippen LogP contribution in [0.15, 0.2) is 18.2 Å². The minimum absolute atomic E-state index is 0.104. The molecule has 0 spiro atoms. The maximum atomic E-state index is 8.91. The third-order valence-electron chi connectivity index (χ3n) is 6.55. The van der Waals surface area contributed by atoms with E-state index in [2.05, 4.69) is 68.7 Å². The summed E-state index contributed by atoms with van der Waals surface area (Å²) in [6.07, 6.45) is 4.97. The molecule has 0 unspecified atom stereocenters. The zero-order chi connectivity index (χ0) is 21.1. The van der Waals surface area contributed by atoms with E-state index in [4.69, 9.17) is 10.00 Å². The number of anilines is 1. The number of hydrogen-bond donors (Lipinski definition) is 0. The van der Waals surface area contributed by atoms with Gasteiger partial charge in [0.15, 0.2) is 6.61 Å². The summed E-state index contributed by atoms with van der Waals surface area (Å²) in [7, 11) is 0. The smallest absolute Gasteiger partial charge is 0.174 e. The van der Waals surface area contributed by atoms with Crippen LogP contribution in [-0.2, 0) is 0 Å². The van der Waals surface area contributed by atoms with Gasteiger partial charge in [-0.1, -0.05) is 40.7 Å². The van der Waals surface area contributed by atoms with E-state index in [1.54, 1.807) is 0 Å². The highest BCUT2D eigenvalue weighted by molar-refractivity contribution is 5.59. The highest BCUT2D eigenvalue weighted by Crippen LogP contribution is 2.53. The molecule has 2 fully saturated rings. The number of piperazine rings is 1. The Morgan fingerprint density at radius 3 is 2.31 bits per heavy atom. The lowest BCUT2D eigenvalue weighted by atomic mass is 9.60. The second-order valence-corrected chi connectivity index (χ2v) is 10.6. The maximum absolute atomic E-state index is 8.91. The predicted molar refractivity (Wildman–Crippen MR) is 121 cm³/mol. The monoisotopic (exact) mass is 397 g/mol. The van der Waals surface area contributed by atoms with Crippen LogP contribution < -0.4 is 9.64 Å². The summed E-state index contributed by atoms with van der Waals surface area (Å²) in [5, 5.41) is 8.91. The largest absolute Gasteiger partial charge is 0.479 e. The summed E-state index contributed by atoms with van der Waals surface area (Å²) in [4.78, 5) is 5.12. The number of ether oxygens (including phenoxy) is 1. The van der Waals surface area contributed by atoms with Gasteiger partial charge in [0.2, 0.25) is 0 Å². The fourth-order valence-electron chi connectivity index (χ4n) is 5.94. The fourth-order valence-corrected chi connectivity index (χ4v) is 5.94. The third kappa shape index (κ3) is 5.66. The molecule has 1 heterocycles. The second kappa shape index (κ2) is 8.96.